The number of phenols is 2. The Hall–Kier alpha value is -4.38. The van der Waals surface area contributed by atoms with E-state index in [0.29, 0.717) is 22.3 Å². The highest BCUT2D eigenvalue weighted by Crippen LogP contribution is 2.32. The van der Waals surface area contributed by atoms with Gasteiger partial charge >= 0.3 is 0 Å². The van der Waals surface area contributed by atoms with Gasteiger partial charge in [0.1, 0.15) is 11.5 Å². The average Bonchev–Trinajstić information content (AvgIpc) is 3.16. The van der Waals surface area contributed by atoms with Gasteiger partial charge in [0.05, 0.1) is 0 Å². The van der Waals surface area contributed by atoms with Gasteiger partial charge in [-0.05, 0) is 91.9 Å². The van der Waals surface area contributed by atoms with E-state index < -0.39 is 0 Å². The number of carbonyl (C=O) groups excluding carboxylic acids is 2. The molecule has 0 aliphatic carbocycles. The second kappa shape index (κ2) is 7.95. The summed E-state index contributed by atoms with van der Waals surface area (Å²) in [5.74, 6) is -0.0473. The molecule has 162 valence electrons. The van der Waals surface area contributed by atoms with Crippen LogP contribution < -0.4 is 0 Å². The van der Waals surface area contributed by atoms with Gasteiger partial charge in [-0.2, -0.15) is 0 Å². The summed E-state index contributed by atoms with van der Waals surface area (Å²) in [7, 11) is 0. The molecule has 0 fully saturated rings. The summed E-state index contributed by atoms with van der Waals surface area (Å²) in [5.41, 5.74) is 4.05. The van der Waals surface area contributed by atoms with Gasteiger partial charge in [-0.1, -0.05) is 0 Å². The number of aryl methyl sites for hydroxylation is 1. The van der Waals surface area contributed by atoms with Gasteiger partial charge in [-0.15, -0.1) is 0 Å². The predicted molar refractivity (Wildman–Crippen MR) is 128 cm³/mol. The fraction of sp³-hybridized carbons (Fsp3) is 0.0714. The number of rotatable bonds is 5. The second-order valence-electron chi connectivity index (χ2n) is 7.96. The van der Waals surface area contributed by atoms with E-state index in [-0.39, 0.29) is 23.1 Å². The summed E-state index contributed by atoms with van der Waals surface area (Å²) >= 11 is 0. The van der Waals surface area contributed by atoms with Crippen LogP contribution in [0.25, 0.3) is 21.8 Å². The van der Waals surface area contributed by atoms with Crippen LogP contribution >= 0.6 is 0 Å². The summed E-state index contributed by atoms with van der Waals surface area (Å²) in [6, 6.07) is 23.6. The molecule has 5 rings (SSSR count). The molecule has 0 atom stereocenters. The lowest BCUT2D eigenvalue weighted by Crippen LogP contribution is -2.01. The Labute approximate surface area is 190 Å². The van der Waals surface area contributed by atoms with Crippen LogP contribution in [0.2, 0.25) is 0 Å². The zero-order chi connectivity index (χ0) is 23.1. The molecule has 5 nitrogen and oxygen atoms in total. The monoisotopic (exact) mass is 435 g/mol. The van der Waals surface area contributed by atoms with Crippen LogP contribution in [-0.2, 0) is 6.54 Å². The van der Waals surface area contributed by atoms with Gasteiger partial charge in [0.25, 0.3) is 0 Å². The van der Waals surface area contributed by atoms with Crippen LogP contribution in [0.4, 0.5) is 0 Å². The minimum atomic E-state index is -0.134. The molecule has 0 radical (unpaired) electrons. The molecule has 33 heavy (non-hydrogen) atoms. The molecule has 5 aromatic rings. The van der Waals surface area contributed by atoms with Crippen LogP contribution in [0, 0.1) is 0 Å². The number of ketones is 2. The zero-order valence-corrected chi connectivity index (χ0v) is 17.9. The quantitative estimate of drug-likeness (QED) is 0.348. The molecule has 1 heterocycles. The number of nitrogens with zero attached hydrogens (tertiary/aromatic N) is 1. The highest BCUT2D eigenvalue weighted by Gasteiger charge is 2.17. The van der Waals surface area contributed by atoms with Gasteiger partial charge in [0.15, 0.2) is 11.6 Å². The van der Waals surface area contributed by atoms with Crippen molar-refractivity contribution < 1.29 is 19.8 Å². The summed E-state index contributed by atoms with van der Waals surface area (Å²) < 4.78 is 2.16. The van der Waals surface area contributed by atoms with E-state index in [9.17, 15) is 19.8 Å². The first kappa shape index (κ1) is 20.5. The Morgan fingerprint density at radius 1 is 0.606 bits per heavy atom. The van der Waals surface area contributed by atoms with Crippen molar-refractivity contribution in [2.45, 2.75) is 13.5 Å². The number of carbonyl (C=O) groups is 2. The lowest BCUT2D eigenvalue weighted by Gasteiger charge is -2.05. The molecule has 0 amide bonds. The van der Waals surface area contributed by atoms with E-state index in [1.807, 2.05) is 36.4 Å². The van der Waals surface area contributed by atoms with Gasteiger partial charge in [-0.3, -0.25) is 9.59 Å². The first-order valence-corrected chi connectivity index (χ1v) is 10.7. The lowest BCUT2D eigenvalue weighted by atomic mass is 9.99. The van der Waals surface area contributed by atoms with E-state index in [1.165, 1.54) is 24.3 Å². The van der Waals surface area contributed by atoms with Crippen molar-refractivity contribution >= 4 is 33.4 Å². The summed E-state index contributed by atoms with van der Waals surface area (Å²) in [4.78, 5) is 26.1. The Balaban J connectivity index is 1.65. The van der Waals surface area contributed by atoms with Crippen LogP contribution in [0.5, 0.6) is 11.5 Å². The largest absolute Gasteiger partial charge is 0.508 e. The standard InChI is InChI=1S/C28H21NO4/c1-2-29-25-13-7-19(27(32)17-3-9-21(30)10-4-17)15-23(25)24-16-20(8-14-26(24)29)28(33)18-5-11-22(31)12-6-18/h3-16,30-31H,2H2,1H3. The first-order valence-electron chi connectivity index (χ1n) is 10.7. The van der Waals surface area contributed by atoms with Gasteiger partial charge in [-0.25, -0.2) is 0 Å². The van der Waals surface area contributed by atoms with Crippen molar-refractivity contribution in [2.24, 2.45) is 0 Å². The zero-order valence-electron chi connectivity index (χ0n) is 17.9. The molecule has 0 unspecified atom stereocenters. The minimum Gasteiger partial charge on any atom is -0.508 e. The first-order chi connectivity index (χ1) is 16.0. The number of aromatic hydroxyl groups is 2. The molecule has 0 saturated carbocycles. The molecule has 0 spiro atoms. The molecule has 0 bridgehead atoms. The summed E-state index contributed by atoms with van der Waals surface area (Å²) in [6.07, 6.45) is 0. The molecule has 4 aromatic carbocycles. The lowest BCUT2D eigenvalue weighted by molar-refractivity contribution is 0.103. The molecular weight excluding hydrogens is 414 g/mol. The van der Waals surface area contributed by atoms with Crippen LogP contribution in [0.15, 0.2) is 84.9 Å². The van der Waals surface area contributed by atoms with Crippen molar-refractivity contribution in [1.82, 2.24) is 4.57 Å². The van der Waals surface area contributed by atoms with Crippen molar-refractivity contribution in [3.63, 3.8) is 0 Å². The van der Waals surface area contributed by atoms with Crippen molar-refractivity contribution in [2.75, 3.05) is 0 Å². The maximum absolute atomic E-state index is 13.0. The highest BCUT2D eigenvalue weighted by atomic mass is 16.3. The van der Waals surface area contributed by atoms with E-state index >= 15 is 0 Å². The van der Waals surface area contributed by atoms with Gasteiger partial charge < -0.3 is 14.8 Å². The summed E-state index contributed by atoms with van der Waals surface area (Å²) in [5, 5.41) is 20.8. The second-order valence-corrected chi connectivity index (χ2v) is 7.96. The molecule has 2 N–H and O–H groups in total. The fourth-order valence-corrected chi connectivity index (χ4v) is 4.29. The van der Waals surface area contributed by atoms with E-state index in [0.717, 1.165) is 28.4 Å². The fourth-order valence-electron chi connectivity index (χ4n) is 4.29. The third-order valence-electron chi connectivity index (χ3n) is 5.96. The number of aromatic nitrogens is 1. The van der Waals surface area contributed by atoms with E-state index in [1.54, 1.807) is 24.3 Å². The Morgan fingerprint density at radius 3 is 1.33 bits per heavy atom. The maximum atomic E-state index is 13.0. The SMILES string of the molecule is CCn1c2ccc(C(=O)c3ccc(O)cc3)cc2c2cc(C(=O)c3ccc(O)cc3)ccc21. The number of benzene rings is 4. The molecule has 1 aromatic heterocycles. The third-order valence-corrected chi connectivity index (χ3v) is 5.96. The number of hydrogen-bond donors (Lipinski definition) is 2. The minimum absolute atomic E-state index is 0.110. The Kier molecular flexibility index (Phi) is 4.94. The van der Waals surface area contributed by atoms with Crippen LogP contribution in [-0.4, -0.2) is 26.3 Å². The summed E-state index contributed by atoms with van der Waals surface area (Å²) in [6.45, 7) is 2.81. The maximum Gasteiger partial charge on any atom is 0.193 e. The van der Waals surface area contributed by atoms with Crippen LogP contribution in [0.3, 0.4) is 0 Å². The Bertz CT molecular complexity index is 1410. The molecule has 0 aliphatic rings. The van der Waals surface area contributed by atoms with Crippen molar-refractivity contribution in [1.29, 1.82) is 0 Å². The smallest absolute Gasteiger partial charge is 0.193 e. The normalized spacial score (nSPS) is 11.2. The predicted octanol–water partition coefficient (Wildman–Crippen LogP) is 5.69. The number of phenolic OH excluding ortho intramolecular Hbond substituents is 2. The van der Waals surface area contributed by atoms with E-state index in [2.05, 4.69) is 11.5 Å². The van der Waals surface area contributed by atoms with E-state index in [4.69, 9.17) is 0 Å². The molecule has 5 heteroatoms. The van der Waals surface area contributed by atoms with Crippen LogP contribution in [0.1, 0.15) is 38.8 Å². The Morgan fingerprint density at radius 2 is 0.970 bits per heavy atom. The number of fused-ring (bicyclic) bond motifs is 3. The topological polar surface area (TPSA) is 79.5 Å². The molecule has 0 saturated heterocycles. The number of hydrogen-bond acceptors (Lipinski definition) is 4. The highest BCUT2D eigenvalue weighted by molar-refractivity contribution is 6.17. The third kappa shape index (κ3) is 3.53. The molecule has 0 aliphatic heterocycles. The van der Waals surface area contributed by atoms with Gasteiger partial charge in [0.2, 0.25) is 0 Å². The van der Waals surface area contributed by atoms with Gasteiger partial charge in [0, 0.05) is 50.6 Å². The average molecular weight is 435 g/mol. The van der Waals surface area contributed by atoms with Crippen molar-refractivity contribution in [3.05, 3.63) is 107 Å². The molecular formula is C28H21NO4. The van der Waals surface area contributed by atoms with Crippen molar-refractivity contribution in [3.8, 4) is 11.5 Å².